The highest BCUT2D eigenvalue weighted by Gasteiger charge is 2.14. The van der Waals surface area contributed by atoms with E-state index in [1.165, 1.54) is 0 Å². The number of fused-ring (bicyclic) bond motifs is 1. The van der Waals surface area contributed by atoms with Gasteiger partial charge in [-0.2, -0.15) is 5.10 Å². The van der Waals surface area contributed by atoms with Crippen LogP contribution < -0.4 is 10.1 Å². The molecule has 0 aliphatic rings. The number of nitrogens with one attached hydrogen (secondary N) is 1. The van der Waals surface area contributed by atoms with Gasteiger partial charge in [-0.15, -0.1) is 0 Å². The van der Waals surface area contributed by atoms with Crippen molar-refractivity contribution in [3.05, 3.63) is 83.7 Å². The van der Waals surface area contributed by atoms with Crippen molar-refractivity contribution in [3.8, 4) is 5.75 Å². The average molecular weight is 400 g/mol. The number of hydrogen-bond acceptors (Lipinski definition) is 4. The second-order valence-corrected chi connectivity index (χ2v) is 7.55. The molecule has 6 heteroatoms. The highest BCUT2D eigenvalue weighted by atomic mass is 16.5. The number of aryl methyl sites for hydroxylation is 1. The quantitative estimate of drug-likeness (QED) is 0.486. The molecule has 4 rings (SSSR count). The molecule has 0 spiro atoms. The zero-order valence-electron chi connectivity index (χ0n) is 17.3. The van der Waals surface area contributed by atoms with E-state index in [0.29, 0.717) is 23.6 Å². The number of nitrogens with zero attached hydrogens (tertiary/aromatic N) is 3. The molecule has 2 heterocycles. The summed E-state index contributed by atoms with van der Waals surface area (Å²) in [6.07, 6.45) is 3.32. The average Bonchev–Trinajstić information content (AvgIpc) is 3.18. The van der Waals surface area contributed by atoms with E-state index in [-0.39, 0.29) is 11.9 Å². The van der Waals surface area contributed by atoms with Gasteiger partial charge in [-0.1, -0.05) is 36.4 Å². The molecule has 6 nitrogen and oxygen atoms in total. The summed E-state index contributed by atoms with van der Waals surface area (Å²) in [5.41, 5.74) is 3.98. The Morgan fingerprint density at radius 2 is 1.90 bits per heavy atom. The van der Waals surface area contributed by atoms with Crippen LogP contribution in [0.1, 0.15) is 41.4 Å². The highest BCUT2D eigenvalue weighted by molar-refractivity contribution is 6.06. The van der Waals surface area contributed by atoms with Crippen molar-refractivity contribution < 1.29 is 9.53 Å². The summed E-state index contributed by atoms with van der Waals surface area (Å²) in [5.74, 6) is 0.393. The number of aromatic nitrogens is 3. The molecule has 1 amide bonds. The largest absolute Gasteiger partial charge is 0.487 e. The standard InChI is InChI=1S/C24H24N4O2/c1-16(2)28-23-19(14-26-28)12-20(13-25-23)24(29)27-21-10-9-17(3)11-22(21)30-15-18-7-5-4-6-8-18/h4-14,16H,15H2,1-3H3,(H,27,29). The van der Waals surface area contributed by atoms with Crippen molar-refractivity contribution in [1.29, 1.82) is 0 Å². The van der Waals surface area contributed by atoms with E-state index in [1.807, 2.05) is 80.1 Å². The topological polar surface area (TPSA) is 69.0 Å². The van der Waals surface area contributed by atoms with Gasteiger partial charge in [0, 0.05) is 17.6 Å². The van der Waals surface area contributed by atoms with Crippen LogP contribution in [0.25, 0.3) is 11.0 Å². The number of rotatable bonds is 6. The Kier molecular flexibility index (Phi) is 5.48. The van der Waals surface area contributed by atoms with Gasteiger partial charge in [0.05, 0.1) is 17.4 Å². The van der Waals surface area contributed by atoms with Crippen molar-refractivity contribution in [1.82, 2.24) is 14.8 Å². The number of hydrogen-bond donors (Lipinski definition) is 1. The number of benzene rings is 2. The summed E-state index contributed by atoms with van der Waals surface area (Å²) >= 11 is 0. The summed E-state index contributed by atoms with van der Waals surface area (Å²) in [4.78, 5) is 17.3. The van der Waals surface area contributed by atoms with Gasteiger partial charge < -0.3 is 10.1 Å². The van der Waals surface area contributed by atoms with Crippen LogP contribution in [0, 0.1) is 6.92 Å². The first-order valence-electron chi connectivity index (χ1n) is 9.93. The predicted octanol–water partition coefficient (Wildman–Crippen LogP) is 5.15. The van der Waals surface area contributed by atoms with Crippen molar-refractivity contribution in [3.63, 3.8) is 0 Å². The molecule has 2 aromatic carbocycles. The lowest BCUT2D eigenvalue weighted by Gasteiger charge is -2.14. The fraction of sp³-hybridized carbons (Fsp3) is 0.208. The molecule has 0 saturated heterocycles. The van der Waals surface area contributed by atoms with E-state index in [2.05, 4.69) is 15.4 Å². The maximum Gasteiger partial charge on any atom is 0.257 e. The molecule has 0 saturated carbocycles. The van der Waals surface area contributed by atoms with Crippen molar-refractivity contribution >= 4 is 22.6 Å². The van der Waals surface area contributed by atoms with E-state index in [1.54, 1.807) is 12.4 Å². The Morgan fingerprint density at radius 3 is 2.67 bits per heavy atom. The molecule has 0 atom stereocenters. The Bertz CT molecular complexity index is 1180. The Balaban J connectivity index is 1.55. The maximum atomic E-state index is 12.9. The van der Waals surface area contributed by atoms with Gasteiger partial charge in [0.1, 0.15) is 12.4 Å². The summed E-state index contributed by atoms with van der Waals surface area (Å²) < 4.78 is 7.84. The first kappa shape index (κ1) is 19.6. The molecule has 0 radical (unpaired) electrons. The Hall–Kier alpha value is -3.67. The van der Waals surface area contributed by atoms with Crippen molar-refractivity contribution in [2.75, 3.05) is 5.32 Å². The molecule has 0 aliphatic carbocycles. The van der Waals surface area contributed by atoms with Gasteiger partial charge in [0.15, 0.2) is 5.65 Å². The maximum absolute atomic E-state index is 12.9. The third-order valence-electron chi connectivity index (χ3n) is 4.81. The van der Waals surface area contributed by atoms with Gasteiger partial charge in [-0.25, -0.2) is 9.67 Å². The lowest BCUT2D eigenvalue weighted by atomic mass is 10.2. The monoisotopic (exact) mass is 400 g/mol. The summed E-state index contributed by atoms with van der Waals surface area (Å²) in [5, 5.41) is 8.15. The van der Waals surface area contributed by atoms with Crippen LogP contribution in [-0.2, 0) is 6.61 Å². The van der Waals surface area contributed by atoms with Crippen LogP contribution in [0.2, 0.25) is 0 Å². The zero-order valence-corrected chi connectivity index (χ0v) is 17.3. The van der Waals surface area contributed by atoms with Crippen molar-refractivity contribution in [2.45, 2.75) is 33.4 Å². The molecule has 0 aliphatic heterocycles. The number of ether oxygens (including phenoxy) is 1. The van der Waals surface area contributed by atoms with Gasteiger partial charge >= 0.3 is 0 Å². The van der Waals surface area contributed by atoms with Gasteiger partial charge in [-0.3, -0.25) is 4.79 Å². The lowest BCUT2D eigenvalue weighted by molar-refractivity contribution is 0.102. The van der Waals surface area contributed by atoms with Gasteiger partial charge in [-0.05, 0) is 50.1 Å². The lowest BCUT2D eigenvalue weighted by Crippen LogP contribution is -2.13. The van der Waals surface area contributed by atoms with Gasteiger partial charge in [0.2, 0.25) is 0 Å². The third kappa shape index (κ3) is 4.17. The SMILES string of the molecule is Cc1ccc(NC(=O)c2cnc3c(cnn3C(C)C)c2)c(OCc2ccccc2)c1. The third-order valence-corrected chi connectivity index (χ3v) is 4.81. The van der Waals surface area contributed by atoms with E-state index >= 15 is 0 Å². The fourth-order valence-corrected chi connectivity index (χ4v) is 3.22. The van der Waals surface area contributed by atoms with Crippen LogP contribution in [0.3, 0.4) is 0 Å². The molecular weight excluding hydrogens is 376 g/mol. The van der Waals surface area contributed by atoms with Crippen LogP contribution in [0.5, 0.6) is 5.75 Å². The van der Waals surface area contributed by atoms with Crippen LogP contribution in [0.15, 0.2) is 67.0 Å². The zero-order chi connectivity index (χ0) is 21.1. The Labute approximate surface area is 175 Å². The fourth-order valence-electron chi connectivity index (χ4n) is 3.22. The normalized spacial score (nSPS) is 11.1. The second-order valence-electron chi connectivity index (χ2n) is 7.55. The molecule has 30 heavy (non-hydrogen) atoms. The summed E-state index contributed by atoms with van der Waals surface area (Å²) in [6, 6.07) is 17.7. The molecule has 4 aromatic rings. The first-order valence-corrected chi connectivity index (χ1v) is 9.93. The molecule has 0 fully saturated rings. The molecular formula is C24H24N4O2. The van der Waals surface area contributed by atoms with Gasteiger partial charge in [0.25, 0.3) is 5.91 Å². The second kappa shape index (κ2) is 8.37. The number of amides is 1. The number of carbonyl (C=O) groups excluding carboxylic acids is 1. The number of pyridine rings is 1. The van der Waals surface area contributed by atoms with Crippen LogP contribution in [-0.4, -0.2) is 20.7 Å². The summed E-state index contributed by atoms with van der Waals surface area (Å²) in [6.45, 7) is 6.51. The number of carbonyl (C=O) groups is 1. The molecule has 152 valence electrons. The minimum absolute atomic E-state index is 0.201. The Morgan fingerprint density at radius 1 is 1.10 bits per heavy atom. The minimum atomic E-state index is -0.241. The van der Waals surface area contributed by atoms with E-state index in [4.69, 9.17) is 4.74 Å². The van der Waals surface area contributed by atoms with E-state index < -0.39 is 0 Å². The number of anilines is 1. The smallest absolute Gasteiger partial charge is 0.257 e. The molecule has 0 unspecified atom stereocenters. The van der Waals surface area contributed by atoms with Crippen molar-refractivity contribution in [2.24, 2.45) is 0 Å². The predicted molar refractivity (Wildman–Crippen MR) is 118 cm³/mol. The summed E-state index contributed by atoms with van der Waals surface area (Å²) in [7, 11) is 0. The van der Waals surface area contributed by atoms with E-state index in [0.717, 1.165) is 22.2 Å². The molecule has 2 aromatic heterocycles. The molecule has 1 N–H and O–H groups in total. The first-order chi connectivity index (χ1) is 14.5. The van der Waals surface area contributed by atoms with E-state index in [9.17, 15) is 4.79 Å². The highest BCUT2D eigenvalue weighted by Crippen LogP contribution is 2.27. The minimum Gasteiger partial charge on any atom is -0.487 e. The van der Waals surface area contributed by atoms with Crippen LogP contribution in [0.4, 0.5) is 5.69 Å². The van der Waals surface area contributed by atoms with Crippen LogP contribution >= 0.6 is 0 Å². The molecule has 0 bridgehead atoms.